The van der Waals surface area contributed by atoms with Crippen LogP contribution in [0, 0.1) is 11.8 Å². The third kappa shape index (κ3) is 3.15. The van der Waals surface area contributed by atoms with Gasteiger partial charge in [0.15, 0.2) is 9.84 Å². The maximum absolute atomic E-state index is 11.8. The van der Waals surface area contributed by atoms with Gasteiger partial charge in [-0.1, -0.05) is 6.92 Å². The van der Waals surface area contributed by atoms with Crippen molar-refractivity contribution in [2.24, 2.45) is 11.8 Å². The molecule has 1 aliphatic heterocycles. The lowest BCUT2D eigenvalue weighted by Gasteiger charge is -2.52. The predicted octanol–water partition coefficient (Wildman–Crippen LogP) is 2.09. The fourth-order valence-electron chi connectivity index (χ4n) is 4.87. The van der Waals surface area contributed by atoms with Gasteiger partial charge in [-0.2, -0.15) is 0 Å². The predicted molar refractivity (Wildman–Crippen MR) is 84.1 cm³/mol. The zero-order valence-electron chi connectivity index (χ0n) is 13.6. The Kier molecular flexibility index (Phi) is 3.90. The van der Waals surface area contributed by atoms with E-state index in [0.717, 1.165) is 19.0 Å². The first-order valence-corrected chi connectivity index (χ1v) is 10.2. The Balaban J connectivity index is 1.71. The van der Waals surface area contributed by atoms with Crippen molar-refractivity contribution < 1.29 is 13.2 Å². The van der Waals surface area contributed by atoms with Crippen LogP contribution in [-0.2, 0) is 14.6 Å². The van der Waals surface area contributed by atoms with Crippen LogP contribution in [-0.4, -0.2) is 55.7 Å². The van der Waals surface area contributed by atoms with Gasteiger partial charge in [0.1, 0.15) is 0 Å². The molecule has 1 spiro atoms. The summed E-state index contributed by atoms with van der Waals surface area (Å²) in [4.78, 5) is 2.34. The molecule has 0 aromatic carbocycles. The highest BCUT2D eigenvalue weighted by molar-refractivity contribution is 7.91. The molecule has 0 unspecified atom stereocenters. The Morgan fingerprint density at radius 2 is 2.00 bits per heavy atom. The zero-order valence-corrected chi connectivity index (χ0v) is 14.4. The number of nitrogens with zero attached hydrogens (tertiary/aromatic N) is 1. The van der Waals surface area contributed by atoms with Crippen LogP contribution in [0.1, 0.15) is 46.5 Å². The number of ether oxygens (including phenoxy) is 1. The summed E-state index contributed by atoms with van der Waals surface area (Å²) in [5.41, 5.74) is -0.167. The van der Waals surface area contributed by atoms with Crippen molar-refractivity contribution in [1.82, 2.24) is 4.90 Å². The topological polar surface area (TPSA) is 46.6 Å². The summed E-state index contributed by atoms with van der Waals surface area (Å²) in [6, 6.07) is 0. The van der Waals surface area contributed by atoms with Crippen LogP contribution < -0.4 is 0 Å². The monoisotopic (exact) mass is 315 g/mol. The summed E-state index contributed by atoms with van der Waals surface area (Å²) in [6.45, 7) is 8.46. The normalized spacial score (nSPS) is 39.2. The third-order valence-corrected chi connectivity index (χ3v) is 7.34. The molecule has 1 heterocycles. The van der Waals surface area contributed by atoms with Crippen LogP contribution in [0.4, 0.5) is 0 Å². The minimum atomic E-state index is -2.88. The molecule has 3 aliphatic rings. The largest absolute Gasteiger partial charge is 0.366 e. The first-order valence-electron chi connectivity index (χ1n) is 8.37. The van der Waals surface area contributed by atoms with Gasteiger partial charge in [0.05, 0.1) is 17.0 Å². The van der Waals surface area contributed by atoms with Crippen molar-refractivity contribution in [3.63, 3.8) is 0 Å². The average Bonchev–Trinajstić information content (AvgIpc) is 2.95. The van der Waals surface area contributed by atoms with Gasteiger partial charge in [-0.25, -0.2) is 8.42 Å². The fourth-order valence-corrected chi connectivity index (χ4v) is 5.70. The van der Waals surface area contributed by atoms with Gasteiger partial charge in [0.25, 0.3) is 0 Å². The van der Waals surface area contributed by atoms with E-state index in [-0.39, 0.29) is 22.7 Å². The van der Waals surface area contributed by atoms with E-state index in [1.54, 1.807) is 6.92 Å². The van der Waals surface area contributed by atoms with Crippen molar-refractivity contribution in [3.8, 4) is 0 Å². The molecule has 3 fully saturated rings. The van der Waals surface area contributed by atoms with Crippen molar-refractivity contribution in [2.45, 2.75) is 57.7 Å². The molecular formula is C16H29NO3S. The second-order valence-corrected chi connectivity index (χ2v) is 10.4. The smallest absolute Gasteiger partial charge is 0.151 e. The number of hydrogen-bond acceptors (Lipinski definition) is 4. The summed E-state index contributed by atoms with van der Waals surface area (Å²) in [6.07, 6.45) is 5.15. The second kappa shape index (κ2) is 5.20. The molecule has 2 aliphatic carbocycles. The van der Waals surface area contributed by atoms with Crippen molar-refractivity contribution in [1.29, 1.82) is 0 Å². The minimum Gasteiger partial charge on any atom is -0.366 e. The van der Waals surface area contributed by atoms with E-state index in [4.69, 9.17) is 4.74 Å². The lowest BCUT2D eigenvalue weighted by molar-refractivity contribution is -0.216. The van der Waals surface area contributed by atoms with Crippen molar-refractivity contribution in [2.75, 3.05) is 31.1 Å². The summed E-state index contributed by atoms with van der Waals surface area (Å²) >= 11 is 0. The molecule has 0 aromatic rings. The molecule has 0 radical (unpaired) electrons. The highest BCUT2D eigenvalue weighted by Crippen LogP contribution is 2.55. The van der Waals surface area contributed by atoms with E-state index in [1.807, 2.05) is 0 Å². The number of sulfone groups is 1. The number of hydrogen-bond donors (Lipinski definition) is 0. The van der Waals surface area contributed by atoms with Crippen LogP contribution in [0.3, 0.4) is 0 Å². The highest BCUT2D eigenvalue weighted by atomic mass is 32.2. The van der Waals surface area contributed by atoms with Crippen molar-refractivity contribution >= 4 is 9.84 Å². The Morgan fingerprint density at radius 1 is 1.24 bits per heavy atom. The van der Waals surface area contributed by atoms with E-state index in [1.165, 1.54) is 25.7 Å². The Bertz CT molecular complexity index is 502. The quantitative estimate of drug-likeness (QED) is 0.797. The Hall–Kier alpha value is -0.130. The van der Waals surface area contributed by atoms with Gasteiger partial charge in [-0.15, -0.1) is 0 Å². The minimum absolute atomic E-state index is 0.000638. The van der Waals surface area contributed by atoms with Gasteiger partial charge < -0.3 is 4.74 Å². The first-order chi connectivity index (χ1) is 9.74. The molecule has 0 aromatic heterocycles. The van der Waals surface area contributed by atoms with E-state index >= 15 is 0 Å². The molecule has 5 heteroatoms. The number of rotatable bonds is 4. The first kappa shape index (κ1) is 15.8. The lowest BCUT2D eigenvalue weighted by Crippen LogP contribution is -2.62. The molecule has 2 saturated carbocycles. The molecular weight excluding hydrogens is 286 g/mol. The van der Waals surface area contributed by atoms with Gasteiger partial charge >= 0.3 is 0 Å². The van der Waals surface area contributed by atoms with Crippen LogP contribution in [0.15, 0.2) is 0 Å². The van der Waals surface area contributed by atoms with E-state index in [9.17, 15) is 8.42 Å². The van der Waals surface area contributed by atoms with Crippen LogP contribution in [0.5, 0.6) is 0 Å². The van der Waals surface area contributed by atoms with Gasteiger partial charge in [-0.05, 0) is 51.4 Å². The number of morpholine rings is 1. The average molecular weight is 315 g/mol. The molecule has 21 heavy (non-hydrogen) atoms. The molecule has 122 valence electrons. The van der Waals surface area contributed by atoms with Crippen LogP contribution >= 0.6 is 0 Å². The summed E-state index contributed by atoms with van der Waals surface area (Å²) < 4.78 is 30.1. The lowest BCUT2D eigenvalue weighted by atomic mass is 9.81. The maximum Gasteiger partial charge on any atom is 0.151 e. The van der Waals surface area contributed by atoms with Gasteiger partial charge in [0.2, 0.25) is 0 Å². The molecule has 1 saturated heterocycles. The van der Waals surface area contributed by atoms with Gasteiger partial charge in [0, 0.05) is 25.4 Å². The molecule has 4 nitrogen and oxygen atoms in total. The molecule has 0 N–H and O–H groups in total. The summed E-state index contributed by atoms with van der Waals surface area (Å²) in [5, 5.41) is 0. The van der Waals surface area contributed by atoms with Crippen molar-refractivity contribution in [3.05, 3.63) is 0 Å². The Labute approximate surface area is 129 Å². The number of fused-ring (bicyclic) bond motifs is 3. The molecule has 3 atom stereocenters. The van der Waals surface area contributed by atoms with E-state index in [0.29, 0.717) is 12.5 Å². The maximum atomic E-state index is 11.8. The third-order valence-electron chi connectivity index (χ3n) is 5.65. The fraction of sp³-hybridized carbons (Fsp3) is 1.00. The zero-order chi connectivity index (χ0) is 15.3. The SMILES string of the molecule is CCS(=O)(=O)CCN1CC(C)(C)O[C@@]2(C[C@@H]3CC[C@H]2C3)C1. The molecule has 0 amide bonds. The summed E-state index contributed by atoms with van der Waals surface area (Å²) in [7, 11) is -2.88. The van der Waals surface area contributed by atoms with Gasteiger partial charge in [-0.3, -0.25) is 4.90 Å². The molecule has 3 rings (SSSR count). The van der Waals surface area contributed by atoms with E-state index in [2.05, 4.69) is 18.7 Å². The van der Waals surface area contributed by atoms with Crippen LogP contribution in [0.25, 0.3) is 0 Å². The second-order valence-electron chi connectivity index (χ2n) is 7.95. The molecule has 2 bridgehead atoms. The Morgan fingerprint density at radius 3 is 2.57 bits per heavy atom. The van der Waals surface area contributed by atoms with E-state index < -0.39 is 9.84 Å². The summed E-state index contributed by atoms with van der Waals surface area (Å²) in [5.74, 6) is 2.05. The highest BCUT2D eigenvalue weighted by Gasteiger charge is 2.56. The standard InChI is InChI=1S/C16H29NO3S/c1-4-21(18,19)8-7-17-11-15(2,3)20-16(12-17)10-13-5-6-14(16)9-13/h13-14H,4-12H2,1-3H3/t13-,14+,16+/m1/s1. The van der Waals surface area contributed by atoms with Crippen LogP contribution in [0.2, 0.25) is 0 Å².